The van der Waals surface area contributed by atoms with E-state index in [1.807, 2.05) is 0 Å². The molecule has 0 aliphatic rings. The van der Waals surface area contributed by atoms with Gasteiger partial charge in [-0.05, 0) is 24.3 Å². The van der Waals surface area contributed by atoms with Gasteiger partial charge in [-0.3, -0.25) is 14.4 Å². The van der Waals surface area contributed by atoms with Crippen LogP contribution in [-0.2, 0) is 14.4 Å². The quantitative estimate of drug-likeness (QED) is 0.466. The van der Waals surface area contributed by atoms with Crippen molar-refractivity contribution in [3.8, 4) is 0 Å². The second-order valence-corrected chi connectivity index (χ2v) is 4.70. The summed E-state index contributed by atoms with van der Waals surface area (Å²) in [5, 5.41) is 18.0. The number of rotatable bonds is 7. The topological polar surface area (TPSA) is 137 Å². The van der Waals surface area contributed by atoms with Crippen LogP contribution in [0.4, 0.5) is 10.5 Å². The van der Waals surface area contributed by atoms with Crippen LogP contribution in [0.5, 0.6) is 0 Å². The summed E-state index contributed by atoms with van der Waals surface area (Å²) in [4.78, 5) is 44.3. The van der Waals surface area contributed by atoms with Gasteiger partial charge in [-0.15, -0.1) is 0 Å². The van der Waals surface area contributed by atoms with Gasteiger partial charge in [-0.2, -0.15) is 0 Å². The number of carboxylic acids is 1. The highest BCUT2D eigenvalue weighted by atomic mass is 35.5. The molecule has 0 fully saturated rings. The van der Waals surface area contributed by atoms with E-state index in [-0.39, 0.29) is 13.1 Å². The van der Waals surface area contributed by atoms with Crippen LogP contribution in [0.3, 0.4) is 0 Å². The van der Waals surface area contributed by atoms with E-state index in [0.717, 1.165) is 0 Å². The molecule has 124 valence electrons. The fourth-order valence-electron chi connectivity index (χ4n) is 1.35. The smallest absolute Gasteiger partial charge is 0.322 e. The lowest BCUT2D eigenvalue weighted by Crippen LogP contribution is -2.43. The number of hydrogen-bond donors (Lipinski definition) is 5. The van der Waals surface area contributed by atoms with Crippen molar-refractivity contribution in [2.45, 2.75) is 0 Å². The van der Waals surface area contributed by atoms with Crippen molar-refractivity contribution in [1.82, 2.24) is 16.0 Å². The van der Waals surface area contributed by atoms with E-state index in [2.05, 4.69) is 21.3 Å². The number of carboxylic acid groups (broad SMARTS) is 1. The maximum absolute atomic E-state index is 11.5. The first-order valence-corrected chi connectivity index (χ1v) is 6.80. The Morgan fingerprint density at radius 1 is 0.870 bits per heavy atom. The van der Waals surface area contributed by atoms with E-state index in [1.165, 1.54) is 0 Å². The van der Waals surface area contributed by atoms with Gasteiger partial charge in [0.15, 0.2) is 0 Å². The van der Waals surface area contributed by atoms with Gasteiger partial charge in [0, 0.05) is 10.7 Å². The fraction of sp³-hybridized carbons (Fsp3) is 0.231. The van der Waals surface area contributed by atoms with E-state index in [4.69, 9.17) is 16.7 Å². The van der Waals surface area contributed by atoms with Gasteiger partial charge >= 0.3 is 12.0 Å². The molecular formula is C13H15ClN4O5. The number of benzene rings is 1. The third-order valence-electron chi connectivity index (χ3n) is 2.39. The normalized spacial score (nSPS) is 9.61. The van der Waals surface area contributed by atoms with E-state index in [9.17, 15) is 19.2 Å². The average molecular weight is 343 g/mol. The third-order valence-corrected chi connectivity index (χ3v) is 2.65. The van der Waals surface area contributed by atoms with Crippen molar-refractivity contribution in [2.24, 2.45) is 0 Å². The molecule has 10 heteroatoms. The molecule has 0 spiro atoms. The summed E-state index contributed by atoms with van der Waals surface area (Å²) in [5.41, 5.74) is 0.500. The van der Waals surface area contributed by atoms with Crippen LogP contribution in [-0.4, -0.2) is 48.6 Å². The number of aliphatic carboxylic acids is 1. The molecule has 0 heterocycles. The van der Waals surface area contributed by atoms with Crippen molar-refractivity contribution >= 4 is 41.1 Å². The Bertz CT molecular complexity index is 591. The number of carbonyl (C=O) groups is 4. The largest absolute Gasteiger partial charge is 0.480 e. The van der Waals surface area contributed by atoms with Crippen LogP contribution in [0.15, 0.2) is 24.3 Å². The molecule has 5 N–H and O–H groups in total. The molecule has 1 aromatic rings. The second kappa shape index (κ2) is 9.26. The van der Waals surface area contributed by atoms with Gasteiger partial charge in [0.1, 0.15) is 6.54 Å². The average Bonchev–Trinajstić information content (AvgIpc) is 2.51. The molecule has 0 atom stereocenters. The standard InChI is InChI=1S/C13H15ClN4O5/c14-8-1-3-9(4-2-8)18-13(23)17-6-11(20)15-5-10(19)16-7-12(21)22/h1-4H,5-7H2,(H,15,20)(H,16,19)(H,21,22)(H2,17,18,23). The summed E-state index contributed by atoms with van der Waals surface area (Å²) in [6.45, 7) is -1.26. The summed E-state index contributed by atoms with van der Waals surface area (Å²) >= 11 is 5.70. The second-order valence-electron chi connectivity index (χ2n) is 4.26. The lowest BCUT2D eigenvalue weighted by atomic mass is 10.3. The fourth-order valence-corrected chi connectivity index (χ4v) is 1.47. The minimum Gasteiger partial charge on any atom is -0.480 e. The van der Waals surface area contributed by atoms with Gasteiger partial charge < -0.3 is 26.4 Å². The predicted octanol–water partition coefficient (Wildman–Crippen LogP) is -0.221. The Labute approximate surface area is 136 Å². The minimum atomic E-state index is -1.19. The highest BCUT2D eigenvalue weighted by Gasteiger charge is 2.08. The van der Waals surface area contributed by atoms with Crippen molar-refractivity contribution in [1.29, 1.82) is 0 Å². The Morgan fingerprint density at radius 3 is 1.96 bits per heavy atom. The molecule has 1 rings (SSSR count). The maximum Gasteiger partial charge on any atom is 0.322 e. The summed E-state index contributed by atoms with van der Waals surface area (Å²) < 4.78 is 0. The molecule has 4 amide bonds. The number of urea groups is 1. The highest BCUT2D eigenvalue weighted by molar-refractivity contribution is 6.30. The van der Waals surface area contributed by atoms with Crippen molar-refractivity contribution in [2.75, 3.05) is 25.0 Å². The van der Waals surface area contributed by atoms with E-state index >= 15 is 0 Å². The van der Waals surface area contributed by atoms with Crippen LogP contribution in [0.25, 0.3) is 0 Å². The van der Waals surface area contributed by atoms with Crippen LogP contribution >= 0.6 is 11.6 Å². The summed E-state index contributed by atoms with van der Waals surface area (Å²) in [5.74, 6) is -2.43. The lowest BCUT2D eigenvalue weighted by Gasteiger charge is -2.08. The van der Waals surface area contributed by atoms with Crippen LogP contribution < -0.4 is 21.3 Å². The van der Waals surface area contributed by atoms with Crippen LogP contribution in [0.1, 0.15) is 0 Å². The van der Waals surface area contributed by atoms with Gasteiger partial charge in [0.2, 0.25) is 11.8 Å². The van der Waals surface area contributed by atoms with Gasteiger partial charge in [-0.1, -0.05) is 11.6 Å². The Hall–Kier alpha value is -2.81. The summed E-state index contributed by atoms with van der Waals surface area (Å²) in [7, 11) is 0. The maximum atomic E-state index is 11.5. The SMILES string of the molecule is O=C(O)CNC(=O)CNC(=O)CNC(=O)Nc1ccc(Cl)cc1. The van der Waals surface area contributed by atoms with Crippen molar-refractivity contribution < 1.29 is 24.3 Å². The zero-order chi connectivity index (χ0) is 17.2. The molecule has 1 aromatic carbocycles. The number of carbonyl (C=O) groups excluding carboxylic acids is 3. The number of nitrogens with one attached hydrogen (secondary N) is 4. The Kier molecular flexibility index (Phi) is 7.34. The number of halogens is 1. The molecule has 0 unspecified atom stereocenters. The zero-order valence-corrected chi connectivity index (χ0v) is 12.6. The summed E-state index contributed by atoms with van der Waals surface area (Å²) in [6.07, 6.45) is 0. The van der Waals surface area contributed by atoms with E-state index in [1.54, 1.807) is 24.3 Å². The Morgan fingerprint density at radius 2 is 1.39 bits per heavy atom. The lowest BCUT2D eigenvalue weighted by molar-refractivity contribution is -0.137. The first-order chi connectivity index (χ1) is 10.9. The molecule has 0 saturated carbocycles. The van der Waals surface area contributed by atoms with Gasteiger partial charge in [-0.25, -0.2) is 4.79 Å². The number of amides is 4. The van der Waals surface area contributed by atoms with E-state index in [0.29, 0.717) is 10.7 Å². The molecule has 0 saturated heterocycles. The minimum absolute atomic E-state index is 0.342. The van der Waals surface area contributed by atoms with E-state index < -0.39 is 30.4 Å². The molecule has 23 heavy (non-hydrogen) atoms. The monoisotopic (exact) mass is 342 g/mol. The van der Waals surface area contributed by atoms with Crippen molar-refractivity contribution in [3.63, 3.8) is 0 Å². The molecule has 0 radical (unpaired) electrons. The zero-order valence-electron chi connectivity index (χ0n) is 11.9. The molecule has 0 bridgehead atoms. The first-order valence-electron chi connectivity index (χ1n) is 6.42. The predicted molar refractivity (Wildman–Crippen MR) is 82.1 cm³/mol. The third kappa shape index (κ3) is 8.27. The molecule has 0 aliphatic heterocycles. The number of anilines is 1. The molecular weight excluding hydrogens is 328 g/mol. The number of hydrogen-bond acceptors (Lipinski definition) is 4. The van der Waals surface area contributed by atoms with Crippen LogP contribution in [0.2, 0.25) is 5.02 Å². The molecule has 0 aromatic heterocycles. The first kappa shape index (κ1) is 18.2. The van der Waals surface area contributed by atoms with Crippen molar-refractivity contribution in [3.05, 3.63) is 29.3 Å². The Balaban J connectivity index is 2.22. The van der Waals surface area contributed by atoms with Gasteiger partial charge in [0.05, 0.1) is 13.1 Å². The molecule has 9 nitrogen and oxygen atoms in total. The molecule has 0 aliphatic carbocycles. The van der Waals surface area contributed by atoms with Crippen LogP contribution in [0, 0.1) is 0 Å². The summed E-state index contributed by atoms with van der Waals surface area (Å²) in [6, 6.07) is 5.78. The highest BCUT2D eigenvalue weighted by Crippen LogP contribution is 2.12. The van der Waals surface area contributed by atoms with Gasteiger partial charge in [0.25, 0.3) is 0 Å².